The maximum absolute atomic E-state index is 11.6. The van der Waals surface area contributed by atoms with Gasteiger partial charge in [0, 0.05) is 40.3 Å². The third-order valence-electron chi connectivity index (χ3n) is 4.39. The lowest BCUT2D eigenvalue weighted by atomic mass is 10.1. The van der Waals surface area contributed by atoms with Gasteiger partial charge in [0.15, 0.2) is 0 Å². The van der Waals surface area contributed by atoms with E-state index in [-0.39, 0.29) is 11.9 Å². The van der Waals surface area contributed by atoms with E-state index in [2.05, 4.69) is 13.8 Å². The second-order valence-electron chi connectivity index (χ2n) is 7.00. The molecule has 154 valence electrons. The molecule has 2 atom stereocenters. The van der Waals surface area contributed by atoms with Crippen molar-refractivity contribution < 1.29 is 28.5 Å². The Balaban J connectivity index is 3.51. The monoisotopic (exact) mass is 374 g/mol. The molecule has 26 heavy (non-hydrogen) atoms. The molecular weight excluding hydrogens is 336 g/mol. The zero-order chi connectivity index (χ0) is 19.6. The van der Waals surface area contributed by atoms with Gasteiger partial charge in [-0.2, -0.15) is 0 Å². The fourth-order valence-electron chi connectivity index (χ4n) is 2.36. The summed E-state index contributed by atoms with van der Waals surface area (Å²) in [4.78, 5) is 23.3. The van der Waals surface area contributed by atoms with Gasteiger partial charge in [-0.05, 0) is 50.4 Å². The van der Waals surface area contributed by atoms with Crippen molar-refractivity contribution >= 4 is 11.9 Å². The Morgan fingerprint density at radius 2 is 1.00 bits per heavy atom. The van der Waals surface area contributed by atoms with Crippen molar-refractivity contribution in [3.63, 3.8) is 0 Å². The molecule has 0 aromatic rings. The van der Waals surface area contributed by atoms with Crippen LogP contribution in [0.25, 0.3) is 0 Å². The third kappa shape index (κ3) is 16.3. The molecule has 0 spiro atoms. The van der Waals surface area contributed by atoms with Crippen LogP contribution in [-0.2, 0) is 28.5 Å². The van der Waals surface area contributed by atoms with E-state index in [1.165, 1.54) is 0 Å². The molecule has 0 aromatic heterocycles. The molecule has 0 saturated carbocycles. The van der Waals surface area contributed by atoms with Crippen molar-refractivity contribution in [2.45, 2.75) is 65.2 Å². The number of ether oxygens (including phenoxy) is 4. The third-order valence-corrected chi connectivity index (χ3v) is 4.39. The van der Waals surface area contributed by atoms with Crippen LogP contribution in [-0.4, -0.2) is 52.6 Å². The summed E-state index contributed by atoms with van der Waals surface area (Å²) < 4.78 is 20.5. The number of hydrogen-bond donors (Lipinski definition) is 0. The van der Waals surface area contributed by atoms with Crippen molar-refractivity contribution in [2.75, 3.05) is 40.6 Å². The highest BCUT2D eigenvalue weighted by atomic mass is 16.5. The molecule has 0 N–H and O–H groups in total. The van der Waals surface area contributed by atoms with Crippen molar-refractivity contribution in [1.82, 2.24) is 0 Å². The van der Waals surface area contributed by atoms with Crippen LogP contribution in [0.2, 0.25) is 0 Å². The Morgan fingerprint density at radius 1 is 0.654 bits per heavy atom. The standard InChI is InChI=1S/C20H38O6/c1-17(9-13-23-3)11-15-25-19(21)7-5-6-8-20(22)26-16-12-18(2)10-14-24-4/h17-18H,5-16H2,1-4H3. The second kappa shape index (κ2) is 17.3. The predicted octanol–water partition coefficient (Wildman–Crippen LogP) is 3.76. The summed E-state index contributed by atoms with van der Waals surface area (Å²) in [5.41, 5.74) is 0. The number of carbonyl (C=O) groups excluding carboxylic acids is 2. The van der Waals surface area contributed by atoms with E-state index in [4.69, 9.17) is 18.9 Å². The molecule has 0 heterocycles. The average Bonchev–Trinajstić information content (AvgIpc) is 2.61. The topological polar surface area (TPSA) is 71.1 Å². The van der Waals surface area contributed by atoms with Crippen LogP contribution < -0.4 is 0 Å². The van der Waals surface area contributed by atoms with Gasteiger partial charge in [0.05, 0.1) is 13.2 Å². The smallest absolute Gasteiger partial charge is 0.305 e. The van der Waals surface area contributed by atoms with E-state index < -0.39 is 0 Å². The van der Waals surface area contributed by atoms with Crippen molar-refractivity contribution in [3.05, 3.63) is 0 Å². The number of methoxy groups -OCH3 is 2. The molecule has 6 nitrogen and oxygen atoms in total. The largest absolute Gasteiger partial charge is 0.466 e. The van der Waals surface area contributed by atoms with E-state index in [0.717, 1.165) is 38.9 Å². The summed E-state index contributed by atoms with van der Waals surface area (Å²) in [5.74, 6) is 0.582. The highest BCUT2D eigenvalue weighted by Crippen LogP contribution is 2.10. The molecule has 0 bridgehead atoms. The summed E-state index contributed by atoms with van der Waals surface area (Å²) in [6.07, 6.45) is 5.66. The number of carbonyl (C=O) groups is 2. The first kappa shape index (κ1) is 24.9. The summed E-state index contributed by atoms with van der Waals surface area (Å²) in [6, 6.07) is 0. The van der Waals surface area contributed by atoms with Crippen LogP contribution in [0, 0.1) is 11.8 Å². The molecule has 0 aromatic carbocycles. The first-order valence-electron chi connectivity index (χ1n) is 9.78. The molecule has 0 aliphatic heterocycles. The van der Waals surface area contributed by atoms with Gasteiger partial charge in [0.2, 0.25) is 0 Å². The van der Waals surface area contributed by atoms with Gasteiger partial charge in [-0.1, -0.05) is 13.8 Å². The molecule has 0 aliphatic rings. The van der Waals surface area contributed by atoms with E-state index in [1.54, 1.807) is 14.2 Å². The molecular formula is C20H38O6. The zero-order valence-electron chi connectivity index (χ0n) is 17.1. The first-order valence-corrected chi connectivity index (χ1v) is 9.78. The van der Waals surface area contributed by atoms with Crippen molar-refractivity contribution in [2.24, 2.45) is 11.8 Å². The highest BCUT2D eigenvalue weighted by Gasteiger charge is 2.09. The Kier molecular flexibility index (Phi) is 16.5. The normalized spacial score (nSPS) is 13.2. The fraction of sp³-hybridized carbons (Fsp3) is 0.900. The summed E-state index contributed by atoms with van der Waals surface area (Å²) in [5, 5.41) is 0. The lowest BCUT2D eigenvalue weighted by Crippen LogP contribution is -2.11. The molecule has 0 aliphatic carbocycles. The zero-order valence-corrected chi connectivity index (χ0v) is 17.1. The van der Waals surface area contributed by atoms with E-state index >= 15 is 0 Å². The van der Waals surface area contributed by atoms with Gasteiger partial charge in [0.1, 0.15) is 0 Å². The average molecular weight is 375 g/mol. The predicted molar refractivity (Wildman–Crippen MR) is 101 cm³/mol. The number of rotatable bonds is 17. The lowest BCUT2D eigenvalue weighted by molar-refractivity contribution is -0.146. The molecule has 6 heteroatoms. The van der Waals surface area contributed by atoms with Gasteiger partial charge in [-0.15, -0.1) is 0 Å². The molecule has 2 unspecified atom stereocenters. The van der Waals surface area contributed by atoms with Crippen LogP contribution in [0.1, 0.15) is 65.2 Å². The second-order valence-corrected chi connectivity index (χ2v) is 7.00. The van der Waals surface area contributed by atoms with Gasteiger partial charge in [-0.3, -0.25) is 9.59 Å². The molecule has 0 saturated heterocycles. The van der Waals surface area contributed by atoms with E-state index in [0.29, 0.717) is 50.7 Å². The summed E-state index contributed by atoms with van der Waals surface area (Å²) in [7, 11) is 3.37. The Bertz CT molecular complexity index is 324. The minimum Gasteiger partial charge on any atom is -0.466 e. The minimum absolute atomic E-state index is 0.190. The van der Waals surface area contributed by atoms with Crippen molar-refractivity contribution in [3.8, 4) is 0 Å². The summed E-state index contributed by atoms with van der Waals surface area (Å²) >= 11 is 0. The molecule has 0 amide bonds. The van der Waals surface area contributed by atoms with Gasteiger partial charge in [-0.25, -0.2) is 0 Å². The Labute approximate surface area is 158 Å². The van der Waals surface area contributed by atoms with Crippen LogP contribution >= 0.6 is 0 Å². The van der Waals surface area contributed by atoms with Gasteiger partial charge in [0.25, 0.3) is 0 Å². The van der Waals surface area contributed by atoms with Crippen molar-refractivity contribution in [1.29, 1.82) is 0 Å². The Hall–Kier alpha value is -1.14. The van der Waals surface area contributed by atoms with Crippen LogP contribution in [0.5, 0.6) is 0 Å². The lowest BCUT2D eigenvalue weighted by Gasteiger charge is -2.11. The van der Waals surface area contributed by atoms with Crippen LogP contribution in [0.3, 0.4) is 0 Å². The number of hydrogen-bond acceptors (Lipinski definition) is 6. The number of unbranched alkanes of at least 4 members (excludes halogenated alkanes) is 1. The molecule has 0 rings (SSSR count). The van der Waals surface area contributed by atoms with E-state index in [1.807, 2.05) is 0 Å². The minimum atomic E-state index is -0.190. The van der Waals surface area contributed by atoms with Gasteiger partial charge < -0.3 is 18.9 Å². The fourth-order valence-corrected chi connectivity index (χ4v) is 2.36. The maximum Gasteiger partial charge on any atom is 0.305 e. The highest BCUT2D eigenvalue weighted by molar-refractivity contribution is 5.70. The van der Waals surface area contributed by atoms with Crippen LogP contribution in [0.4, 0.5) is 0 Å². The van der Waals surface area contributed by atoms with Crippen LogP contribution in [0.15, 0.2) is 0 Å². The quantitative estimate of drug-likeness (QED) is 0.285. The molecule has 0 radical (unpaired) electrons. The molecule has 0 fully saturated rings. The summed E-state index contributed by atoms with van der Waals surface area (Å²) in [6.45, 7) is 6.61. The number of esters is 2. The Morgan fingerprint density at radius 3 is 1.35 bits per heavy atom. The van der Waals surface area contributed by atoms with Gasteiger partial charge >= 0.3 is 11.9 Å². The maximum atomic E-state index is 11.6. The SMILES string of the molecule is COCCC(C)CCOC(=O)CCCCC(=O)OCCC(C)CCOC. The first-order chi connectivity index (χ1) is 12.5. The van der Waals surface area contributed by atoms with E-state index in [9.17, 15) is 9.59 Å².